The fourth-order valence-electron chi connectivity index (χ4n) is 9.01. The fourth-order valence-corrected chi connectivity index (χ4v) is 10.9. The predicted octanol–water partition coefficient (Wildman–Crippen LogP) is 8.23. The van der Waals surface area contributed by atoms with E-state index < -0.39 is 49.5 Å². The van der Waals surface area contributed by atoms with Crippen LogP contribution in [-0.4, -0.2) is 95.9 Å². The van der Waals surface area contributed by atoms with Gasteiger partial charge in [0.05, 0.1) is 39.7 Å². The Hall–Kier alpha value is -4.74. The number of aromatic nitrogens is 2. The Labute approximate surface area is 359 Å². The molecule has 0 unspecified atom stereocenters. The summed E-state index contributed by atoms with van der Waals surface area (Å²) in [6, 6.07) is 27.5. The minimum Gasteiger partial charge on any atom is -0.497 e. The number of halogens is 1. The fraction of sp³-hybridized carbons (Fsp3) is 0.478. The quantitative estimate of drug-likeness (QED) is 0.0315. The SMILES string of the molecule is COc1ccc(C(O[C@]23C[C@H]2C[C@@]2(O[P@](OCCC#N)N(C(C)C)C(C)C)[C@@H]3O[C@@H](n3cc(C)c(N=CN(C)C)nc3=O)[C@@H]2F)(c2ccccc2)c2ccc(OC)cc2)cc1. The van der Waals surface area contributed by atoms with E-state index in [-0.39, 0.29) is 43.3 Å². The first-order chi connectivity index (χ1) is 29.2. The highest BCUT2D eigenvalue weighted by atomic mass is 31.2. The van der Waals surface area contributed by atoms with Crippen LogP contribution in [0, 0.1) is 24.2 Å². The summed E-state index contributed by atoms with van der Waals surface area (Å²) in [4.78, 5) is 24.3. The van der Waals surface area contributed by atoms with Crippen molar-refractivity contribution in [2.75, 3.05) is 34.9 Å². The Morgan fingerprint density at radius 1 is 0.967 bits per heavy atom. The molecule has 1 aliphatic heterocycles. The zero-order valence-electron chi connectivity index (χ0n) is 36.3. The number of nitriles is 1. The van der Waals surface area contributed by atoms with Gasteiger partial charge >= 0.3 is 5.69 Å². The molecule has 4 aromatic rings. The van der Waals surface area contributed by atoms with E-state index in [9.17, 15) is 10.1 Å². The lowest BCUT2D eigenvalue weighted by atomic mass is 9.79. The highest BCUT2D eigenvalue weighted by Crippen LogP contribution is 2.73. The number of hydrogen-bond acceptors (Lipinski definition) is 11. The van der Waals surface area contributed by atoms with Gasteiger partial charge in [0.2, 0.25) is 0 Å². The first kappa shape index (κ1) is 44.3. The number of aliphatic imine (C=N–C) groups is 1. The van der Waals surface area contributed by atoms with Crippen molar-refractivity contribution in [3.05, 3.63) is 118 Å². The Morgan fingerprint density at radius 2 is 1.54 bits per heavy atom. The van der Waals surface area contributed by atoms with Gasteiger partial charge in [0.1, 0.15) is 34.4 Å². The molecular formula is C46H56FN6O7P. The average molecular weight is 855 g/mol. The molecule has 0 radical (unpaired) electrons. The summed E-state index contributed by atoms with van der Waals surface area (Å²) >= 11 is 0. The molecule has 15 heteroatoms. The zero-order chi connectivity index (χ0) is 43.7. The minimum absolute atomic E-state index is 0.0546. The van der Waals surface area contributed by atoms with Gasteiger partial charge in [-0.15, -0.1) is 0 Å². The Morgan fingerprint density at radius 3 is 2.08 bits per heavy atom. The molecule has 3 fully saturated rings. The molecule has 2 aliphatic carbocycles. The summed E-state index contributed by atoms with van der Waals surface area (Å²) in [5, 5.41) is 9.49. The molecule has 13 nitrogen and oxygen atoms in total. The van der Waals surface area contributed by atoms with Crippen molar-refractivity contribution < 1.29 is 32.4 Å². The van der Waals surface area contributed by atoms with Crippen LogP contribution in [0.5, 0.6) is 11.5 Å². The van der Waals surface area contributed by atoms with Gasteiger partial charge in [-0.1, -0.05) is 54.6 Å². The molecule has 324 valence electrons. The summed E-state index contributed by atoms with van der Waals surface area (Å²) in [6.45, 7) is 9.99. The van der Waals surface area contributed by atoms with E-state index in [1.54, 1.807) is 38.6 Å². The maximum absolute atomic E-state index is 18.2. The molecule has 3 aliphatic rings. The van der Waals surface area contributed by atoms with Crippen molar-refractivity contribution in [2.45, 2.75) is 101 Å². The molecule has 0 spiro atoms. The number of rotatable bonds is 18. The lowest BCUT2D eigenvalue weighted by Gasteiger charge is -2.44. The van der Waals surface area contributed by atoms with Crippen molar-refractivity contribution in [2.24, 2.45) is 10.9 Å². The predicted molar refractivity (Wildman–Crippen MR) is 232 cm³/mol. The van der Waals surface area contributed by atoms with E-state index >= 15 is 4.39 Å². The molecule has 7 rings (SSSR count). The van der Waals surface area contributed by atoms with Crippen LogP contribution in [0.3, 0.4) is 0 Å². The Kier molecular flexibility index (Phi) is 13.0. The van der Waals surface area contributed by atoms with Crippen molar-refractivity contribution in [3.8, 4) is 17.6 Å². The van der Waals surface area contributed by atoms with E-state index in [0.29, 0.717) is 23.5 Å². The van der Waals surface area contributed by atoms with Gasteiger partial charge in [0.25, 0.3) is 8.53 Å². The summed E-state index contributed by atoms with van der Waals surface area (Å²) < 4.78 is 61.1. The van der Waals surface area contributed by atoms with Gasteiger partial charge in [-0.05, 0) is 94.3 Å². The van der Waals surface area contributed by atoms with E-state index in [2.05, 4.69) is 20.7 Å². The van der Waals surface area contributed by atoms with Crippen LogP contribution in [0.4, 0.5) is 10.2 Å². The van der Waals surface area contributed by atoms with Gasteiger partial charge in [0.15, 0.2) is 18.2 Å². The van der Waals surface area contributed by atoms with Crippen LogP contribution in [0.2, 0.25) is 0 Å². The molecule has 0 amide bonds. The largest absolute Gasteiger partial charge is 0.497 e. The van der Waals surface area contributed by atoms with Crippen LogP contribution >= 0.6 is 8.53 Å². The number of benzene rings is 3. The highest BCUT2D eigenvalue weighted by Gasteiger charge is 2.82. The van der Waals surface area contributed by atoms with Crippen molar-refractivity contribution in [1.82, 2.24) is 19.1 Å². The standard InChI is InChI=1S/C46H56FN6O7P/c1-30(2)53(31(3)4)61(57-25-13-24-48)60-45-27-36-26-44(36,42(45)58-41(39(45)47)52-28-32(5)40(50-43(52)54)49-29-51(6)7)59-46(33-14-11-10-12-15-33,34-16-20-37(55-8)21-17-34)35-18-22-38(56-9)23-19-35/h10-12,14-23,28-31,36,39,41-42H,13,25-27H2,1-9H3/t36-,39-,41+,42+,44+,45-,61-/m0/s1. The van der Waals surface area contributed by atoms with Crippen molar-refractivity contribution in [3.63, 3.8) is 0 Å². The smallest absolute Gasteiger partial charge is 0.351 e. The van der Waals surface area contributed by atoms with E-state index in [0.717, 1.165) is 16.7 Å². The summed E-state index contributed by atoms with van der Waals surface area (Å²) in [5.41, 5.74) is -1.68. The highest BCUT2D eigenvalue weighted by molar-refractivity contribution is 7.44. The second-order valence-corrected chi connectivity index (χ2v) is 18.1. The lowest BCUT2D eigenvalue weighted by molar-refractivity contribution is -0.162. The monoisotopic (exact) mass is 854 g/mol. The Bertz CT molecular complexity index is 2220. The molecule has 1 aromatic heterocycles. The number of alkyl halides is 1. The lowest BCUT2D eigenvalue weighted by Crippen LogP contribution is -2.52. The molecular weight excluding hydrogens is 799 g/mol. The average Bonchev–Trinajstić information content (AvgIpc) is 3.75. The molecule has 0 bridgehead atoms. The van der Waals surface area contributed by atoms with Gasteiger partial charge in [-0.2, -0.15) is 10.2 Å². The van der Waals surface area contributed by atoms with Gasteiger partial charge < -0.3 is 32.9 Å². The van der Waals surface area contributed by atoms with Crippen LogP contribution in [-0.2, 0) is 24.1 Å². The number of fused-ring (bicyclic) bond motifs is 3. The number of methoxy groups -OCH3 is 2. The maximum atomic E-state index is 18.2. The summed E-state index contributed by atoms with van der Waals surface area (Å²) in [5.74, 6) is 1.38. The first-order valence-corrected chi connectivity index (χ1v) is 21.8. The summed E-state index contributed by atoms with van der Waals surface area (Å²) in [7, 11) is 4.92. The molecule has 3 aromatic carbocycles. The maximum Gasteiger partial charge on any atom is 0.351 e. The van der Waals surface area contributed by atoms with Crippen LogP contribution in [0.15, 0.2) is 94.8 Å². The third-order valence-corrected chi connectivity index (χ3v) is 14.0. The van der Waals surface area contributed by atoms with Gasteiger partial charge in [0, 0.05) is 37.9 Å². The third kappa shape index (κ3) is 8.20. The Balaban J connectivity index is 1.41. The molecule has 0 N–H and O–H groups in total. The summed E-state index contributed by atoms with van der Waals surface area (Å²) in [6.07, 6.45) is -0.310. The topological polar surface area (TPSA) is 133 Å². The molecule has 61 heavy (non-hydrogen) atoms. The minimum atomic E-state index is -1.96. The second kappa shape index (κ2) is 17.9. The van der Waals surface area contributed by atoms with Gasteiger partial charge in [-0.3, -0.25) is 4.57 Å². The van der Waals surface area contributed by atoms with E-state index in [1.165, 1.54) is 4.57 Å². The molecule has 1 saturated heterocycles. The van der Waals surface area contributed by atoms with Crippen LogP contribution in [0.1, 0.15) is 75.4 Å². The zero-order valence-corrected chi connectivity index (χ0v) is 37.2. The van der Waals surface area contributed by atoms with E-state index in [4.69, 9.17) is 28.0 Å². The third-order valence-electron chi connectivity index (χ3n) is 11.8. The van der Waals surface area contributed by atoms with Crippen LogP contribution < -0.4 is 15.2 Å². The second-order valence-electron chi connectivity index (χ2n) is 16.7. The molecule has 7 atom stereocenters. The van der Waals surface area contributed by atoms with Gasteiger partial charge in [-0.25, -0.2) is 18.8 Å². The normalized spacial score (nSPS) is 24.9. The number of nitrogens with zero attached hydrogens (tertiary/aromatic N) is 6. The van der Waals surface area contributed by atoms with Crippen molar-refractivity contribution >= 4 is 20.7 Å². The number of ether oxygens (including phenoxy) is 4. The number of aryl methyl sites for hydroxylation is 1. The van der Waals surface area contributed by atoms with Crippen LogP contribution in [0.25, 0.3) is 0 Å². The molecule has 2 heterocycles. The van der Waals surface area contributed by atoms with E-state index in [1.807, 2.05) is 121 Å². The first-order valence-electron chi connectivity index (χ1n) is 20.7. The van der Waals surface area contributed by atoms with Crippen molar-refractivity contribution in [1.29, 1.82) is 5.26 Å². The molecule has 2 saturated carbocycles. The number of hydrogen-bond donors (Lipinski definition) is 0.